The molecule has 1 fully saturated rings. The normalized spacial score (nSPS) is 20.1. The summed E-state index contributed by atoms with van der Waals surface area (Å²) in [6.07, 6.45) is 2.73. The molecule has 29 heavy (non-hydrogen) atoms. The number of sulfonamides is 1. The molecule has 4 rings (SSSR count). The second kappa shape index (κ2) is 7.26. The molecule has 5 nitrogen and oxygen atoms in total. The smallest absolute Gasteiger partial charge is 0.243 e. The maximum Gasteiger partial charge on any atom is 0.243 e. The molecular weight excluding hydrogens is 384 g/mol. The monoisotopic (exact) mass is 412 g/mol. The van der Waals surface area contributed by atoms with Crippen LogP contribution < -0.4 is 4.90 Å². The van der Waals surface area contributed by atoms with Gasteiger partial charge in [-0.1, -0.05) is 30.3 Å². The highest BCUT2D eigenvalue weighted by atomic mass is 32.2. The number of amides is 1. The molecular formula is C23H28N2O3S. The number of likely N-dealkylation sites (N-methyl/N-ethyl adjacent to an activating group) is 1. The lowest BCUT2D eigenvalue weighted by Gasteiger charge is -2.31. The summed E-state index contributed by atoms with van der Waals surface area (Å²) < 4.78 is 28.1. The third-order valence-corrected chi connectivity index (χ3v) is 8.32. The van der Waals surface area contributed by atoms with Crippen molar-refractivity contribution in [1.82, 2.24) is 4.31 Å². The Kier molecular flexibility index (Phi) is 5.03. The van der Waals surface area contributed by atoms with Crippen LogP contribution >= 0.6 is 0 Å². The summed E-state index contributed by atoms with van der Waals surface area (Å²) in [5.41, 5.74) is 2.17. The maximum absolute atomic E-state index is 13.3. The number of hydrogen-bond acceptors (Lipinski definition) is 3. The highest BCUT2D eigenvalue weighted by molar-refractivity contribution is 7.89. The van der Waals surface area contributed by atoms with Crippen molar-refractivity contribution in [3.8, 4) is 0 Å². The van der Waals surface area contributed by atoms with Crippen LogP contribution in [-0.2, 0) is 26.7 Å². The van der Waals surface area contributed by atoms with E-state index >= 15 is 0 Å². The topological polar surface area (TPSA) is 57.7 Å². The van der Waals surface area contributed by atoms with E-state index in [1.54, 1.807) is 34.5 Å². The fraction of sp³-hybridized carbons (Fsp3) is 0.435. The summed E-state index contributed by atoms with van der Waals surface area (Å²) in [5, 5.41) is 0. The molecule has 0 bridgehead atoms. The lowest BCUT2D eigenvalue weighted by atomic mass is 9.86. The van der Waals surface area contributed by atoms with Crippen LogP contribution in [0.2, 0.25) is 0 Å². The number of benzene rings is 2. The third kappa shape index (κ3) is 3.49. The number of hydrogen-bond donors (Lipinski definition) is 0. The number of fused-ring (bicyclic) bond motifs is 1. The SMILES string of the molecule is CN1C(=O)C(C)(C)c2cc(S(=O)(=O)N3CCC(Cc4ccccc4)CC3)ccc21. The van der Waals surface area contributed by atoms with Crippen LogP contribution in [0.1, 0.15) is 37.8 Å². The van der Waals surface area contributed by atoms with Crippen LogP contribution in [0.3, 0.4) is 0 Å². The molecule has 0 spiro atoms. The first kappa shape index (κ1) is 20.1. The second-order valence-corrected chi connectivity index (χ2v) is 10.6. The van der Waals surface area contributed by atoms with E-state index in [2.05, 4.69) is 12.1 Å². The van der Waals surface area contributed by atoms with E-state index < -0.39 is 15.4 Å². The molecule has 154 valence electrons. The van der Waals surface area contributed by atoms with Gasteiger partial charge in [-0.15, -0.1) is 0 Å². The van der Waals surface area contributed by atoms with Crippen molar-refractivity contribution in [1.29, 1.82) is 0 Å². The summed E-state index contributed by atoms with van der Waals surface area (Å²) >= 11 is 0. The minimum Gasteiger partial charge on any atom is -0.314 e. The van der Waals surface area contributed by atoms with Crippen LogP contribution in [0.4, 0.5) is 5.69 Å². The van der Waals surface area contributed by atoms with Gasteiger partial charge in [0.25, 0.3) is 0 Å². The fourth-order valence-electron chi connectivity index (χ4n) is 4.56. The summed E-state index contributed by atoms with van der Waals surface area (Å²) in [5.74, 6) is 0.498. The van der Waals surface area contributed by atoms with E-state index in [0.717, 1.165) is 30.5 Å². The minimum atomic E-state index is -3.56. The Morgan fingerprint density at radius 3 is 2.34 bits per heavy atom. The van der Waals surface area contributed by atoms with E-state index in [1.165, 1.54) is 5.56 Å². The van der Waals surface area contributed by atoms with Crippen molar-refractivity contribution in [2.45, 2.75) is 43.4 Å². The minimum absolute atomic E-state index is 0.0104. The van der Waals surface area contributed by atoms with Crippen molar-refractivity contribution >= 4 is 21.6 Å². The average molecular weight is 413 g/mol. The van der Waals surface area contributed by atoms with Crippen LogP contribution in [0, 0.1) is 5.92 Å². The van der Waals surface area contributed by atoms with E-state index in [9.17, 15) is 13.2 Å². The molecule has 1 saturated heterocycles. The molecule has 0 aromatic heterocycles. The van der Waals surface area contributed by atoms with Crippen LogP contribution in [0.15, 0.2) is 53.4 Å². The van der Waals surface area contributed by atoms with Gasteiger partial charge in [-0.2, -0.15) is 4.31 Å². The lowest BCUT2D eigenvalue weighted by molar-refractivity contribution is -0.121. The van der Waals surface area contributed by atoms with Gasteiger partial charge in [-0.25, -0.2) is 8.42 Å². The predicted molar refractivity (Wildman–Crippen MR) is 115 cm³/mol. The summed E-state index contributed by atoms with van der Waals surface area (Å²) in [4.78, 5) is 14.4. The first-order valence-electron chi connectivity index (χ1n) is 10.2. The van der Waals surface area contributed by atoms with E-state index in [0.29, 0.717) is 19.0 Å². The maximum atomic E-state index is 13.3. The summed E-state index contributed by atoms with van der Waals surface area (Å²) in [6.45, 7) is 4.78. The quantitative estimate of drug-likeness (QED) is 0.771. The largest absolute Gasteiger partial charge is 0.314 e. The van der Waals surface area contributed by atoms with Gasteiger partial charge in [-0.3, -0.25) is 4.79 Å². The van der Waals surface area contributed by atoms with E-state index in [1.807, 2.05) is 32.0 Å². The van der Waals surface area contributed by atoms with Crippen molar-refractivity contribution in [3.63, 3.8) is 0 Å². The van der Waals surface area contributed by atoms with Crippen LogP contribution in [-0.4, -0.2) is 38.8 Å². The number of carbonyl (C=O) groups is 1. The molecule has 0 radical (unpaired) electrons. The van der Waals surface area contributed by atoms with Gasteiger partial charge in [-0.05, 0) is 68.4 Å². The van der Waals surface area contributed by atoms with Gasteiger partial charge in [0.2, 0.25) is 15.9 Å². The standard InChI is InChI=1S/C23H28N2O3S/c1-23(2)20-16-19(9-10-21(20)24(3)22(23)26)29(27,28)25-13-11-18(12-14-25)15-17-7-5-4-6-8-17/h4-10,16,18H,11-15H2,1-3H3. The molecule has 2 aliphatic rings. The van der Waals surface area contributed by atoms with Crippen molar-refractivity contribution in [3.05, 3.63) is 59.7 Å². The summed E-state index contributed by atoms with van der Waals surface area (Å²) in [6, 6.07) is 15.5. The van der Waals surface area contributed by atoms with E-state index in [4.69, 9.17) is 0 Å². The fourth-order valence-corrected chi connectivity index (χ4v) is 6.06. The highest BCUT2D eigenvalue weighted by Crippen LogP contribution is 2.42. The number of rotatable bonds is 4. The molecule has 2 aliphatic heterocycles. The van der Waals surface area contributed by atoms with Gasteiger partial charge >= 0.3 is 0 Å². The van der Waals surface area contributed by atoms with Gasteiger partial charge in [0.1, 0.15) is 0 Å². The molecule has 2 aromatic carbocycles. The van der Waals surface area contributed by atoms with E-state index in [-0.39, 0.29) is 10.8 Å². The molecule has 2 heterocycles. The second-order valence-electron chi connectivity index (χ2n) is 8.71. The first-order chi connectivity index (χ1) is 13.7. The molecule has 0 aliphatic carbocycles. The van der Waals surface area contributed by atoms with Crippen molar-refractivity contribution in [2.75, 3.05) is 25.0 Å². The molecule has 6 heteroatoms. The first-order valence-corrected chi connectivity index (χ1v) is 11.6. The highest BCUT2D eigenvalue weighted by Gasteiger charge is 2.43. The predicted octanol–water partition coefficient (Wildman–Crippen LogP) is 3.58. The van der Waals surface area contributed by atoms with Gasteiger partial charge in [0.15, 0.2) is 0 Å². The number of anilines is 1. The zero-order valence-corrected chi connectivity index (χ0v) is 18.1. The Balaban J connectivity index is 1.51. The molecule has 2 aromatic rings. The number of nitrogens with zero attached hydrogens (tertiary/aromatic N) is 2. The Hall–Kier alpha value is -2.18. The van der Waals surface area contributed by atoms with Crippen molar-refractivity contribution < 1.29 is 13.2 Å². The Bertz CT molecular complexity index is 1020. The molecule has 0 saturated carbocycles. The number of piperidine rings is 1. The molecule has 0 atom stereocenters. The number of carbonyl (C=O) groups excluding carboxylic acids is 1. The molecule has 0 unspecified atom stereocenters. The Morgan fingerprint density at radius 2 is 1.69 bits per heavy atom. The average Bonchev–Trinajstić information content (AvgIpc) is 2.89. The van der Waals surface area contributed by atoms with Crippen LogP contribution in [0.5, 0.6) is 0 Å². The summed E-state index contributed by atoms with van der Waals surface area (Å²) in [7, 11) is -1.82. The third-order valence-electron chi connectivity index (χ3n) is 6.42. The van der Waals surface area contributed by atoms with Gasteiger partial charge in [0, 0.05) is 25.8 Å². The zero-order chi connectivity index (χ0) is 20.8. The molecule has 1 amide bonds. The van der Waals surface area contributed by atoms with Crippen LogP contribution in [0.25, 0.3) is 0 Å². The Morgan fingerprint density at radius 1 is 1.03 bits per heavy atom. The van der Waals surface area contributed by atoms with Gasteiger partial charge in [0.05, 0.1) is 10.3 Å². The molecule has 0 N–H and O–H groups in total. The lowest BCUT2D eigenvalue weighted by Crippen LogP contribution is -2.39. The van der Waals surface area contributed by atoms with Crippen molar-refractivity contribution in [2.24, 2.45) is 5.92 Å². The Labute approximate surface area is 173 Å². The zero-order valence-electron chi connectivity index (χ0n) is 17.3. The van der Waals surface area contributed by atoms with Gasteiger partial charge < -0.3 is 4.90 Å².